The molecule has 0 aromatic heterocycles. The first-order valence-electron chi connectivity index (χ1n) is 11.9. The fourth-order valence-corrected chi connectivity index (χ4v) is 6.32. The highest BCUT2D eigenvalue weighted by Gasteiger charge is 2.34. The van der Waals surface area contributed by atoms with Crippen LogP contribution in [0.15, 0.2) is 71.6 Å². The maximum Gasteiger partial charge on any atom is 0.140 e. The second kappa shape index (κ2) is 11.0. The first-order chi connectivity index (χ1) is 16.5. The van der Waals surface area contributed by atoms with Crippen LogP contribution >= 0.6 is 24.2 Å². The molecule has 0 bridgehead atoms. The van der Waals surface area contributed by atoms with Gasteiger partial charge >= 0.3 is 0 Å². The van der Waals surface area contributed by atoms with Gasteiger partial charge in [-0.25, -0.2) is 0 Å². The summed E-state index contributed by atoms with van der Waals surface area (Å²) in [4.78, 5) is 3.39. The van der Waals surface area contributed by atoms with Crippen LogP contribution in [0.3, 0.4) is 0 Å². The third-order valence-corrected chi connectivity index (χ3v) is 8.02. The van der Waals surface area contributed by atoms with Crippen molar-refractivity contribution in [3.63, 3.8) is 0 Å². The third kappa shape index (κ3) is 5.83. The van der Waals surface area contributed by atoms with Crippen LogP contribution in [-0.4, -0.2) is 40.9 Å². The highest BCUT2D eigenvalue weighted by atomic mass is 35.5. The molecule has 2 aliphatic rings. The van der Waals surface area contributed by atoms with E-state index in [9.17, 15) is 10.2 Å². The van der Waals surface area contributed by atoms with Crippen LogP contribution in [0.5, 0.6) is 23.0 Å². The highest BCUT2D eigenvalue weighted by Crippen LogP contribution is 2.54. The minimum atomic E-state index is -0.246. The van der Waals surface area contributed by atoms with Crippen LogP contribution in [0.4, 0.5) is 0 Å². The summed E-state index contributed by atoms with van der Waals surface area (Å²) >= 11 is 1.64. The van der Waals surface area contributed by atoms with Gasteiger partial charge in [0.05, 0.1) is 10.1 Å². The van der Waals surface area contributed by atoms with E-state index in [1.54, 1.807) is 42.1 Å². The predicted octanol–water partition coefficient (Wildman–Crippen LogP) is 6.60. The van der Waals surface area contributed by atoms with E-state index in [4.69, 9.17) is 9.47 Å². The van der Waals surface area contributed by atoms with Crippen LogP contribution in [0.1, 0.15) is 42.7 Å². The van der Waals surface area contributed by atoms with E-state index in [0.717, 1.165) is 46.5 Å². The topological polar surface area (TPSA) is 62.2 Å². The molecule has 0 radical (unpaired) electrons. The van der Waals surface area contributed by atoms with E-state index in [1.165, 1.54) is 6.42 Å². The summed E-state index contributed by atoms with van der Waals surface area (Å²) in [7, 11) is 0. The fraction of sp³-hybridized carbons (Fsp3) is 0.357. The Balaban J connectivity index is 0.00000289. The molecule has 5 nitrogen and oxygen atoms in total. The standard InChI is InChI=1S/C28H31NO4S.ClH/c1-18-14-19(2)29(17-18)12-13-32-24-9-6-20(7-10-24)27-28(21-4-3-5-22(30)15-21)34-26-16-23(31)8-11-25(26)33-27;/h3-11,15-16,18-19,27-28,30-31H,12-14,17H2,1-2H3;1H/t18-,19+,27+,28-;/m1./s1. The molecule has 1 saturated heterocycles. The molecule has 186 valence electrons. The number of fused-ring (bicyclic) bond motifs is 1. The van der Waals surface area contributed by atoms with Gasteiger partial charge in [0.2, 0.25) is 0 Å². The maximum absolute atomic E-state index is 10.1. The Labute approximate surface area is 217 Å². The molecular weight excluding hydrogens is 482 g/mol. The molecule has 2 aliphatic heterocycles. The number of phenols is 2. The number of hydrogen-bond acceptors (Lipinski definition) is 6. The van der Waals surface area contributed by atoms with Crippen molar-refractivity contribution in [1.29, 1.82) is 0 Å². The third-order valence-electron chi connectivity index (χ3n) is 6.68. The van der Waals surface area contributed by atoms with Gasteiger partial charge in [0.1, 0.15) is 35.7 Å². The van der Waals surface area contributed by atoms with Crippen LogP contribution in [0.25, 0.3) is 0 Å². The molecule has 4 atom stereocenters. The fourth-order valence-electron chi connectivity index (χ4n) is 5.00. The molecule has 0 spiro atoms. The normalized spacial score (nSPS) is 23.7. The van der Waals surface area contributed by atoms with Gasteiger partial charge in [0.15, 0.2) is 0 Å². The van der Waals surface area contributed by atoms with Crippen molar-refractivity contribution >= 4 is 24.2 Å². The number of aromatic hydroxyl groups is 2. The minimum absolute atomic E-state index is 0. The van der Waals surface area contributed by atoms with Gasteiger partial charge in [-0.3, -0.25) is 4.90 Å². The van der Waals surface area contributed by atoms with Crippen molar-refractivity contribution in [3.8, 4) is 23.0 Å². The van der Waals surface area contributed by atoms with Gasteiger partial charge in [-0.15, -0.1) is 24.2 Å². The van der Waals surface area contributed by atoms with Gasteiger partial charge in [0, 0.05) is 19.1 Å². The second-order valence-corrected chi connectivity index (χ2v) is 10.6. The van der Waals surface area contributed by atoms with E-state index in [0.29, 0.717) is 12.6 Å². The summed E-state index contributed by atoms with van der Waals surface area (Å²) in [6.07, 6.45) is 1.02. The quantitative estimate of drug-likeness (QED) is 0.387. The zero-order valence-electron chi connectivity index (χ0n) is 20.0. The molecule has 2 heterocycles. The average Bonchev–Trinajstić information content (AvgIpc) is 3.15. The first kappa shape index (κ1) is 25.5. The van der Waals surface area contributed by atoms with Gasteiger partial charge in [-0.1, -0.05) is 31.2 Å². The van der Waals surface area contributed by atoms with Crippen LogP contribution in [0.2, 0.25) is 0 Å². The highest BCUT2D eigenvalue weighted by molar-refractivity contribution is 7.99. The van der Waals surface area contributed by atoms with Crippen molar-refractivity contribution in [2.45, 2.75) is 42.6 Å². The Morgan fingerprint density at radius 2 is 1.74 bits per heavy atom. The number of phenolic OH excluding ortho intramolecular Hbond substituents is 2. The van der Waals surface area contributed by atoms with Crippen LogP contribution in [0, 0.1) is 5.92 Å². The molecule has 3 aromatic rings. The van der Waals surface area contributed by atoms with E-state index in [1.807, 2.05) is 24.3 Å². The molecule has 2 N–H and O–H groups in total. The summed E-state index contributed by atoms with van der Waals surface area (Å²) in [6.45, 7) is 7.37. The van der Waals surface area contributed by atoms with Gasteiger partial charge in [-0.2, -0.15) is 0 Å². The van der Waals surface area contributed by atoms with Crippen molar-refractivity contribution < 1.29 is 19.7 Å². The number of benzene rings is 3. The van der Waals surface area contributed by atoms with E-state index in [-0.39, 0.29) is 35.3 Å². The molecule has 35 heavy (non-hydrogen) atoms. The molecule has 3 aromatic carbocycles. The van der Waals surface area contributed by atoms with E-state index >= 15 is 0 Å². The maximum atomic E-state index is 10.1. The number of ether oxygens (including phenoxy) is 2. The Hall–Kier alpha value is -2.54. The van der Waals surface area contributed by atoms with Crippen molar-refractivity contribution in [3.05, 3.63) is 77.9 Å². The largest absolute Gasteiger partial charge is 0.508 e. The smallest absolute Gasteiger partial charge is 0.140 e. The van der Waals surface area contributed by atoms with Crippen molar-refractivity contribution in [2.24, 2.45) is 5.92 Å². The predicted molar refractivity (Wildman–Crippen MR) is 142 cm³/mol. The number of thioether (sulfide) groups is 1. The van der Waals surface area contributed by atoms with Gasteiger partial charge < -0.3 is 19.7 Å². The van der Waals surface area contributed by atoms with E-state index in [2.05, 4.69) is 30.9 Å². The Morgan fingerprint density at radius 1 is 0.971 bits per heavy atom. The molecule has 0 aliphatic carbocycles. The summed E-state index contributed by atoms with van der Waals surface area (Å²) in [6, 6.07) is 21.2. The number of rotatable bonds is 6. The molecule has 0 saturated carbocycles. The monoisotopic (exact) mass is 513 g/mol. The van der Waals surface area contributed by atoms with Crippen LogP contribution in [-0.2, 0) is 0 Å². The van der Waals surface area contributed by atoms with Gasteiger partial charge in [0.25, 0.3) is 0 Å². The second-order valence-electron chi connectivity index (χ2n) is 9.41. The zero-order chi connectivity index (χ0) is 23.7. The van der Waals surface area contributed by atoms with Crippen molar-refractivity contribution in [2.75, 3.05) is 19.7 Å². The summed E-state index contributed by atoms with van der Waals surface area (Å²) in [5.41, 5.74) is 2.01. The molecule has 5 rings (SSSR count). The minimum Gasteiger partial charge on any atom is -0.508 e. The zero-order valence-corrected chi connectivity index (χ0v) is 21.6. The molecule has 0 unspecified atom stereocenters. The van der Waals surface area contributed by atoms with E-state index < -0.39 is 0 Å². The summed E-state index contributed by atoms with van der Waals surface area (Å²) < 4.78 is 12.5. The number of hydrogen-bond donors (Lipinski definition) is 2. The van der Waals surface area contributed by atoms with Crippen LogP contribution < -0.4 is 9.47 Å². The molecule has 0 amide bonds. The lowest BCUT2D eigenvalue weighted by Gasteiger charge is -2.34. The lowest BCUT2D eigenvalue weighted by Crippen LogP contribution is -2.31. The number of halogens is 1. The summed E-state index contributed by atoms with van der Waals surface area (Å²) in [5, 5.41) is 19.9. The first-order valence-corrected chi connectivity index (χ1v) is 12.8. The lowest BCUT2D eigenvalue weighted by atomic mass is 10.00. The Bertz CT molecular complexity index is 1140. The SMILES string of the molecule is C[C@@H]1C[C@H](C)N(CCOc2ccc([C@@H]3Oc4ccc(O)cc4S[C@@H]3c3cccc(O)c3)cc2)C1.Cl. The Kier molecular flexibility index (Phi) is 8.05. The molecule has 1 fully saturated rings. The Morgan fingerprint density at radius 3 is 2.46 bits per heavy atom. The average molecular weight is 514 g/mol. The number of nitrogens with zero attached hydrogens (tertiary/aromatic N) is 1. The number of likely N-dealkylation sites (tertiary alicyclic amines) is 1. The molecule has 7 heteroatoms. The molecular formula is C28H32ClNO4S. The summed E-state index contributed by atoms with van der Waals surface area (Å²) in [5.74, 6) is 2.80. The lowest BCUT2D eigenvalue weighted by molar-refractivity contribution is 0.190. The van der Waals surface area contributed by atoms with Gasteiger partial charge in [-0.05, 0) is 72.9 Å². The van der Waals surface area contributed by atoms with Crippen molar-refractivity contribution in [1.82, 2.24) is 4.90 Å².